The largest absolute Gasteiger partial charge is 0.278 e. The Bertz CT molecular complexity index is 849. The maximum absolute atomic E-state index is 11.7. The second kappa shape index (κ2) is 7.00. The van der Waals surface area contributed by atoms with Crippen LogP contribution < -0.4 is 4.90 Å². The molecule has 0 aliphatic heterocycles. The van der Waals surface area contributed by atoms with Crippen molar-refractivity contribution in [3.63, 3.8) is 0 Å². The summed E-state index contributed by atoms with van der Waals surface area (Å²) in [6.07, 6.45) is 6.75. The summed E-state index contributed by atoms with van der Waals surface area (Å²) in [6, 6.07) is 11.7. The zero-order chi connectivity index (χ0) is 16.9. The van der Waals surface area contributed by atoms with Gasteiger partial charge in [0.25, 0.3) is 0 Å². The highest BCUT2D eigenvalue weighted by Crippen LogP contribution is 2.27. The highest BCUT2D eigenvalue weighted by molar-refractivity contribution is 5.85. The smallest absolute Gasteiger partial charge is 0.237 e. The molecule has 0 fully saturated rings. The lowest BCUT2D eigenvalue weighted by atomic mass is 10.1. The molecule has 0 saturated carbocycles. The maximum Gasteiger partial charge on any atom is 0.237 e. The fraction of sp³-hybridized carbons (Fsp3) is 0.158. The number of carbonyl (C=O) groups is 1. The molecule has 0 radical (unpaired) electrons. The van der Waals surface area contributed by atoms with Gasteiger partial charge in [-0.05, 0) is 48.7 Å². The van der Waals surface area contributed by atoms with Crippen LogP contribution in [0.4, 0.5) is 11.6 Å². The Balaban J connectivity index is 2.05. The van der Waals surface area contributed by atoms with E-state index >= 15 is 0 Å². The molecule has 3 aromatic rings. The monoisotopic (exact) mass is 318 g/mol. The van der Waals surface area contributed by atoms with E-state index in [2.05, 4.69) is 27.9 Å². The number of nitrogens with zero attached hydrogens (tertiary/aromatic N) is 4. The van der Waals surface area contributed by atoms with Crippen LogP contribution in [0.3, 0.4) is 0 Å². The number of hydrogen-bond donors (Lipinski definition) is 0. The van der Waals surface area contributed by atoms with E-state index in [1.807, 2.05) is 31.2 Å². The number of anilines is 2. The third-order valence-corrected chi connectivity index (χ3v) is 3.86. The Morgan fingerprint density at radius 2 is 2.04 bits per heavy atom. The van der Waals surface area contributed by atoms with Crippen LogP contribution in [0, 0.1) is 6.92 Å². The minimum atomic E-state index is 0.350. The van der Waals surface area contributed by atoms with Gasteiger partial charge in [0, 0.05) is 24.2 Å². The number of benzene rings is 1. The van der Waals surface area contributed by atoms with E-state index in [-0.39, 0.29) is 0 Å². The van der Waals surface area contributed by atoms with Gasteiger partial charge in [-0.3, -0.25) is 14.7 Å². The predicted octanol–water partition coefficient (Wildman–Crippen LogP) is 3.70. The molecule has 0 unspecified atom stereocenters. The number of rotatable bonds is 5. The molecule has 2 heterocycles. The third kappa shape index (κ3) is 3.15. The van der Waals surface area contributed by atoms with Crippen molar-refractivity contribution >= 4 is 18.0 Å². The average molecular weight is 318 g/mol. The van der Waals surface area contributed by atoms with Crippen molar-refractivity contribution in [2.24, 2.45) is 0 Å². The van der Waals surface area contributed by atoms with E-state index in [9.17, 15) is 4.79 Å². The molecule has 0 atom stereocenters. The molecule has 0 N–H and O–H groups in total. The van der Waals surface area contributed by atoms with Gasteiger partial charge in [0.05, 0.1) is 11.4 Å². The van der Waals surface area contributed by atoms with Gasteiger partial charge in [0.1, 0.15) is 0 Å². The zero-order valence-corrected chi connectivity index (χ0v) is 13.7. The van der Waals surface area contributed by atoms with E-state index in [0.717, 1.165) is 40.9 Å². The van der Waals surface area contributed by atoms with Gasteiger partial charge >= 0.3 is 0 Å². The molecule has 3 rings (SSSR count). The van der Waals surface area contributed by atoms with Gasteiger partial charge in [-0.1, -0.05) is 19.1 Å². The molecule has 120 valence electrons. The molecule has 5 heteroatoms. The van der Waals surface area contributed by atoms with Crippen LogP contribution in [0.25, 0.3) is 11.3 Å². The first kappa shape index (κ1) is 15.8. The average Bonchev–Trinajstić information content (AvgIpc) is 2.65. The van der Waals surface area contributed by atoms with Crippen LogP contribution in [0.2, 0.25) is 0 Å². The highest BCUT2D eigenvalue weighted by Gasteiger charge is 2.15. The van der Waals surface area contributed by atoms with Gasteiger partial charge < -0.3 is 0 Å². The molecule has 0 spiro atoms. The molecule has 0 aliphatic carbocycles. The summed E-state index contributed by atoms with van der Waals surface area (Å²) < 4.78 is 0. The van der Waals surface area contributed by atoms with Gasteiger partial charge in [0.15, 0.2) is 0 Å². The molecular formula is C19H18N4O. The lowest BCUT2D eigenvalue weighted by Gasteiger charge is -2.19. The number of carbonyl (C=O) groups excluding carboxylic acids is 1. The molecule has 5 nitrogen and oxygen atoms in total. The van der Waals surface area contributed by atoms with Crippen molar-refractivity contribution in [3.8, 4) is 11.3 Å². The summed E-state index contributed by atoms with van der Waals surface area (Å²) in [7, 11) is 0. The fourth-order valence-corrected chi connectivity index (χ4v) is 2.49. The Kier molecular flexibility index (Phi) is 4.61. The molecule has 0 aliphatic rings. The second-order valence-electron chi connectivity index (χ2n) is 5.43. The van der Waals surface area contributed by atoms with E-state index in [1.54, 1.807) is 24.7 Å². The van der Waals surface area contributed by atoms with Crippen LogP contribution in [-0.2, 0) is 11.2 Å². The quantitative estimate of drug-likeness (QED) is 0.673. The SMILES string of the molecule is CCc1ccc(C)c(N(C=O)c2nccc(-c3cccnc3)n2)c1. The Morgan fingerprint density at radius 1 is 1.17 bits per heavy atom. The topological polar surface area (TPSA) is 59.0 Å². The van der Waals surface area contributed by atoms with Crippen LogP contribution in [0.1, 0.15) is 18.1 Å². The number of aromatic nitrogens is 3. The Hall–Kier alpha value is -3.08. The lowest BCUT2D eigenvalue weighted by Crippen LogP contribution is -2.18. The normalized spacial score (nSPS) is 10.4. The van der Waals surface area contributed by atoms with Gasteiger partial charge in [-0.2, -0.15) is 0 Å². The van der Waals surface area contributed by atoms with Crippen LogP contribution in [-0.4, -0.2) is 21.4 Å². The van der Waals surface area contributed by atoms with E-state index in [1.165, 1.54) is 4.90 Å². The van der Waals surface area contributed by atoms with Crippen LogP contribution in [0.5, 0.6) is 0 Å². The van der Waals surface area contributed by atoms with E-state index in [4.69, 9.17) is 0 Å². The molecule has 1 aromatic carbocycles. The first-order valence-corrected chi connectivity index (χ1v) is 7.80. The summed E-state index contributed by atoms with van der Waals surface area (Å²) in [4.78, 5) is 26.1. The van der Waals surface area contributed by atoms with Crippen molar-refractivity contribution in [2.45, 2.75) is 20.3 Å². The number of amides is 1. The fourth-order valence-electron chi connectivity index (χ4n) is 2.49. The van der Waals surface area contributed by atoms with Gasteiger partial charge in [0.2, 0.25) is 12.4 Å². The first-order chi connectivity index (χ1) is 11.7. The van der Waals surface area contributed by atoms with Crippen LogP contribution >= 0.6 is 0 Å². The minimum Gasteiger partial charge on any atom is -0.278 e. The van der Waals surface area contributed by atoms with Crippen molar-refractivity contribution in [2.75, 3.05) is 4.90 Å². The Labute approximate surface area is 141 Å². The molecule has 2 aromatic heterocycles. The summed E-state index contributed by atoms with van der Waals surface area (Å²) in [5.41, 5.74) is 4.56. The summed E-state index contributed by atoms with van der Waals surface area (Å²) in [5, 5.41) is 0. The minimum absolute atomic E-state index is 0.350. The number of hydrogen-bond acceptors (Lipinski definition) is 4. The zero-order valence-electron chi connectivity index (χ0n) is 13.7. The van der Waals surface area contributed by atoms with Crippen molar-refractivity contribution < 1.29 is 4.79 Å². The third-order valence-electron chi connectivity index (χ3n) is 3.86. The highest BCUT2D eigenvalue weighted by atomic mass is 16.1. The second-order valence-corrected chi connectivity index (χ2v) is 5.43. The molecule has 0 saturated heterocycles. The van der Waals surface area contributed by atoms with E-state index < -0.39 is 0 Å². The van der Waals surface area contributed by atoms with Gasteiger partial charge in [-0.15, -0.1) is 0 Å². The van der Waals surface area contributed by atoms with Crippen LogP contribution in [0.15, 0.2) is 55.0 Å². The molecule has 0 bridgehead atoms. The standard InChI is InChI=1S/C19H18N4O/c1-3-15-7-6-14(2)18(11-15)23(13-24)19-21-10-8-17(22-19)16-5-4-9-20-12-16/h4-13H,3H2,1-2H3. The lowest BCUT2D eigenvalue weighted by molar-refractivity contribution is -0.106. The summed E-state index contributed by atoms with van der Waals surface area (Å²) in [6.45, 7) is 4.05. The number of pyridine rings is 1. The summed E-state index contributed by atoms with van der Waals surface area (Å²) in [5.74, 6) is 0.350. The number of aryl methyl sites for hydroxylation is 2. The molecule has 1 amide bonds. The van der Waals surface area contributed by atoms with Crippen molar-refractivity contribution in [3.05, 3.63) is 66.1 Å². The van der Waals surface area contributed by atoms with E-state index in [0.29, 0.717) is 5.95 Å². The van der Waals surface area contributed by atoms with Crippen molar-refractivity contribution in [1.82, 2.24) is 15.0 Å². The first-order valence-electron chi connectivity index (χ1n) is 7.80. The Morgan fingerprint density at radius 3 is 2.75 bits per heavy atom. The maximum atomic E-state index is 11.7. The predicted molar refractivity (Wildman–Crippen MR) is 94.0 cm³/mol. The summed E-state index contributed by atoms with van der Waals surface area (Å²) >= 11 is 0. The van der Waals surface area contributed by atoms with Crippen molar-refractivity contribution in [1.29, 1.82) is 0 Å². The van der Waals surface area contributed by atoms with Gasteiger partial charge in [-0.25, -0.2) is 9.97 Å². The molecule has 24 heavy (non-hydrogen) atoms. The molecular weight excluding hydrogens is 300 g/mol.